The molecule has 3 rings (SSSR count). The number of ether oxygens (including phenoxy) is 1. The number of hydrogen-bond donors (Lipinski definition) is 1. The third-order valence-electron chi connectivity index (χ3n) is 3.88. The highest BCUT2D eigenvalue weighted by Crippen LogP contribution is 2.38. The number of nitrogens with zero attached hydrogens (tertiary/aromatic N) is 1. The molecule has 0 saturated carbocycles. The van der Waals surface area contributed by atoms with Gasteiger partial charge in [0, 0.05) is 16.8 Å². The molecule has 0 aliphatic rings. The van der Waals surface area contributed by atoms with Crippen molar-refractivity contribution < 1.29 is 22.7 Å². The van der Waals surface area contributed by atoms with Gasteiger partial charge in [0.2, 0.25) is 0 Å². The van der Waals surface area contributed by atoms with Crippen LogP contribution in [-0.2, 0) is 11.0 Å². The van der Waals surface area contributed by atoms with Crippen LogP contribution in [-0.4, -0.2) is 17.5 Å². The largest absolute Gasteiger partial charge is 0.480 e. The number of pyridine rings is 1. The summed E-state index contributed by atoms with van der Waals surface area (Å²) < 4.78 is 44.3. The van der Waals surface area contributed by atoms with E-state index in [2.05, 4.69) is 10.3 Å². The Bertz CT molecular complexity index is 1100. The summed E-state index contributed by atoms with van der Waals surface area (Å²) in [5, 5.41) is 2.98. The molecule has 1 heterocycles. The van der Waals surface area contributed by atoms with Crippen molar-refractivity contribution in [3.05, 3.63) is 62.7 Å². The Labute approximate surface area is 178 Å². The normalized spacial score (nSPS) is 11.6. The van der Waals surface area contributed by atoms with Crippen LogP contribution in [0.25, 0.3) is 10.9 Å². The van der Waals surface area contributed by atoms with E-state index in [4.69, 9.17) is 39.5 Å². The first-order valence-corrected chi connectivity index (χ1v) is 9.24. The quantitative estimate of drug-likeness (QED) is 0.478. The number of halogens is 6. The molecule has 1 aromatic heterocycles. The average Bonchev–Trinajstić information content (AvgIpc) is 2.62. The van der Waals surface area contributed by atoms with Crippen LogP contribution in [0.5, 0.6) is 5.75 Å². The summed E-state index contributed by atoms with van der Waals surface area (Å²) in [4.78, 5) is 16.5. The molecule has 0 fully saturated rings. The first-order valence-electron chi connectivity index (χ1n) is 8.11. The Morgan fingerprint density at radius 2 is 1.79 bits per heavy atom. The Morgan fingerprint density at radius 3 is 2.48 bits per heavy atom. The maximum absolute atomic E-state index is 12.9. The number of aromatic nitrogens is 1. The monoisotopic (exact) mass is 462 g/mol. The van der Waals surface area contributed by atoms with E-state index in [1.807, 2.05) is 0 Å². The van der Waals surface area contributed by atoms with Gasteiger partial charge in [0.1, 0.15) is 5.52 Å². The number of fused-ring (bicyclic) bond motifs is 1. The fourth-order valence-electron chi connectivity index (χ4n) is 2.58. The highest BCUT2D eigenvalue weighted by molar-refractivity contribution is 6.39. The van der Waals surface area contributed by atoms with E-state index in [1.165, 1.54) is 12.1 Å². The molecule has 0 saturated heterocycles. The third-order valence-corrected chi connectivity index (χ3v) is 4.80. The van der Waals surface area contributed by atoms with E-state index >= 15 is 0 Å². The summed E-state index contributed by atoms with van der Waals surface area (Å²) in [5.74, 6) is -0.538. The Morgan fingerprint density at radius 1 is 1.07 bits per heavy atom. The SMILES string of the molecule is Cc1ccc2c(Cl)cc(Cl)c(OCC(=O)Nc3ccc(Cl)c(C(F)(F)F)c3)c2n1. The number of nitrogens with one attached hydrogen (secondary N) is 1. The van der Waals surface area contributed by atoms with E-state index in [0.717, 1.165) is 12.1 Å². The number of amides is 1. The predicted molar refractivity (Wildman–Crippen MR) is 107 cm³/mol. The van der Waals surface area contributed by atoms with Crippen LogP contribution in [0.15, 0.2) is 36.4 Å². The van der Waals surface area contributed by atoms with Crippen LogP contribution in [0.4, 0.5) is 18.9 Å². The maximum atomic E-state index is 12.9. The van der Waals surface area contributed by atoms with Crippen LogP contribution < -0.4 is 10.1 Å². The van der Waals surface area contributed by atoms with Crippen molar-refractivity contribution >= 4 is 57.3 Å². The highest BCUT2D eigenvalue weighted by Gasteiger charge is 2.33. The fraction of sp³-hybridized carbons (Fsp3) is 0.158. The van der Waals surface area contributed by atoms with Gasteiger partial charge in [0.05, 0.1) is 20.6 Å². The second-order valence-corrected chi connectivity index (χ2v) is 7.27. The first-order chi connectivity index (χ1) is 13.6. The van der Waals surface area contributed by atoms with Gasteiger partial charge in [-0.25, -0.2) is 4.98 Å². The lowest BCUT2D eigenvalue weighted by Crippen LogP contribution is -2.21. The number of anilines is 1. The zero-order chi connectivity index (χ0) is 21.3. The van der Waals surface area contributed by atoms with Crippen LogP contribution in [0.1, 0.15) is 11.3 Å². The minimum Gasteiger partial charge on any atom is -0.480 e. The van der Waals surface area contributed by atoms with Crippen LogP contribution in [0, 0.1) is 6.92 Å². The number of aryl methyl sites for hydroxylation is 1. The molecule has 1 N–H and O–H groups in total. The molecular weight excluding hydrogens is 452 g/mol. The number of carbonyl (C=O) groups is 1. The van der Waals surface area contributed by atoms with Gasteiger partial charge in [-0.2, -0.15) is 13.2 Å². The smallest absolute Gasteiger partial charge is 0.417 e. The van der Waals surface area contributed by atoms with Gasteiger partial charge in [0.15, 0.2) is 12.4 Å². The molecule has 1 amide bonds. The lowest BCUT2D eigenvalue weighted by Gasteiger charge is -2.14. The van der Waals surface area contributed by atoms with Gasteiger partial charge in [0.25, 0.3) is 5.91 Å². The Hall–Kier alpha value is -2.22. The standard InChI is InChI=1S/C19H12Cl3F3N2O2/c1-9-2-4-11-14(21)7-15(22)18(17(11)26-9)29-8-16(28)27-10-3-5-13(20)12(6-10)19(23,24)25/h2-7H,8H2,1H3,(H,27,28). The maximum Gasteiger partial charge on any atom is 0.417 e. The first kappa shape index (κ1) is 21.5. The second kappa shape index (κ2) is 8.26. The zero-order valence-electron chi connectivity index (χ0n) is 14.7. The number of alkyl halides is 3. The van der Waals surface area contributed by atoms with Crippen molar-refractivity contribution in [3.8, 4) is 5.75 Å². The molecule has 0 bridgehead atoms. The van der Waals surface area contributed by atoms with Gasteiger partial charge < -0.3 is 10.1 Å². The summed E-state index contributed by atoms with van der Waals surface area (Å²) in [5.41, 5.74) is -0.0622. The van der Waals surface area contributed by atoms with Gasteiger partial charge in [-0.1, -0.05) is 34.8 Å². The fourth-order valence-corrected chi connectivity index (χ4v) is 3.38. The van der Waals surface area contributed by atoms with Crippen LogP contribution in [0.2, 0.25) is 15.1 Å². The summed E-state index contributed by atoms with van der Waals surface area (Å²) in [6.45, 7) is 1.26. The number of hydrogen-bond acceptors (Lipinski definition) is 3. The van der Waals surface area contributed by atoms with E-state index in [1.54, 1.807) is 19.1 Å². The van der Waals surface area contributed by atoms with E-state index < -0.39 is 29.3 Å². The van der Waals surface area contributed by atoms with E-state index in [-0.39, 0.29) is 16.5 Å². The van der Waals surface area contributed by atoms with Crippen molar-refractivity contribution in [2.45, 2.75) is 13.1 Å². The Balaban J connectivity index is 1.79. The highest BCUT2D eigenvalue weighted by atomic mass is 35.5. The van der Waals surface area contributed by atoms with Gasteiger partial charge in [-0.05, 0) is 43.3 Å². The summed E-state index contributed by atoms with van der Waals surface area (Å²) >= 11 is 17.9. The molecule has 29 heavy (non-hydrogen) atoms. The number of carbonyl (C=O) groups excluding carboxylic acids is 1. The van der Waals surface area contributed by atoms with Gasteiger partial charge >= 0.3 is 6.18 Å². The minimum absolute atomic E-state index is 0.0728. The molecule has 0 aliphatic heterocycles. The van der Waals surface area contributed by atoms with Crippen molar-refractivity contribution in [1.82, 2.24) is 4.98 Å². The number of benzene rings is 2. The van der Waals surface area contributed by atoms with Crippen molar-refractivity contribution in [2.75, 3.05) is 11.9 Å². The van der Waals surface area contributed by atoms with Crippen molar-refractivity contribution in [2.24, 2.45) is 0 Å². The predicted octanol–water partition coefficient (Wildman–Crippen LogP) is 6.54. The molecule has 0 atom stereocenters. The van der Waals surface area contributed by atoms with Gasteiger partial charge in [-0.3, -0.25) is 4.79 Å². The van der Waals surface area contributed by atoms with Crippen LogP contribution >= 0.6 is 34.8 Å². The average molecular weight is 464 g/mol. The molecule has 0 spiro atoms. The Kier molecular flexibility index (Phi) is 6.12. The van der Waals surface area contributed by atoms with Crippen molar-refractivity contribution in [1.29, 1.82) is 0 Å². The zero-order valence-corrected chi connectivity index (χ0v) is 17.0. The van der Waals surface area contributed by atoms with E-state index in [0.29, 0.717) is 21.6 Å². The lowest BCUT2D eigenvalue weighted by molar-refractivity contribution is -0.137. The molecule has 10 heteroatoms. The molecule has 4 nitrogen and oxygen atoms in total. The summed E-state index contributed by atoms with van der Waals surface area (Å²) in [6, 6.07) is 8.02. The molecule has 3 aromatic rings. The second-order valence-electron chi connectivity index (χ2n) is 6.05. The van der Waals surface area contributed by atoms with E-state index in [9.17, 15) is 18.0 Å². The molecule has 0 unspecified atom stereocenters. The third kappa shape index (κ3) is 4.86. The van der Waals surface area contributed by atoms with Crippen molar-refractivity contribution in [3.63, 3.8) is 0 Å². The minimum atomic E-state index is -4.65. The van der Waals surface area contributed by atoms with Crippen LogP contribution in [0.3, 0.4) is 0 Å². The summed E-state index contributed by atoms with van der Waals surface area (Å²) in [6.07, 6.45) is -4.65. The topological polar surface area (TPSA) is 51.2 Å². The molecule has 0 radical (unpaired) electrons. The molecular formula is C19H12Cl3F3N2O2. The molecule has 2 aromatic carbocycles. The summed E-state index contributed by atoms with van der Waals surface area (Å²) in [7, 11) is 0. The lowest BCUT2D eigenvalue weighted by atomic mass is 10.2. The van der Waals surface area contributed by atoms with Gasteiger partial charge in [-0.15, -0.1) is 0 Å². The molecule has 0 aliphatic carbocycles. The molecule has 152 valence electrons. The number of rotatable bonds is 4.